The molecule has 0 saturated carbocycles. The maximum absolute atomic E-state index is 8.91. The van der Waals surface area contributed by atoms with Crippen molar-refractivity contribution in [3.63, 3.8) is 0 Å². The largest absolute Gasteiger partial charge is 0.375 e. The molecular formula is C8H8N2O. The van der Waals surface area contributed by atoms with Crippen molar-refractivity contribution >= 4 is 0 Å². The van der Waals surface area contributed by atoms with E-state index in [9.17, 15) is 0 Å². The standard InChI is InChI=1S/C8H8N2O/c9-5-6-2-1-3-7(4-6)8(10)11/h1-4,8,11H,10H2. The van der Waals surface area contributed by atoms with Gasteiger partial charge in [0.1, 0.15) is 6.23 Å². The average molecular weight is 148 g/mol. The summed E-state index contributed by atoms with van der Waals surface area (Å²) < 4.78 is 0. The van der Waals surface area contributed by atoms with Crippen molar-refractivity contribution in [3.05, 3.63) is 35.4 Å². The molecule has 0 heterocycles. The van der Waals surface area contributed by atoms with E-state index in [1.165, 1.54) is 0 Å². The second-order valence-corrected chi connectivity index (χ2v) is 2.18. The van der Waals surface area contributed by atoms with Crippen LogP contribution in [0.2, 0.25) is 0 Å². The second-order valence-electron chi connectivity index (χ2n) is 2.18. The topological polar surface area (TPSA) is 70.0 Å². The Hall–Kier alpha value is -1.37. The fraction of sp³-hybridized carbons (Fsp3) is 0.125. The number of hydrogen-bond acceptors (Lipinski definition) is 3. The van der Waals surface area contributed by atoms with Crippen molar-refractivity contribution in [2.75, 3.05) is 0 Å². The van der Waals surface area contributed by atoms with Crippen LogP contribution in [-0.2, 0) is 0 Å². The van der Waals surface area contributed by atoms with E-state index in [-0.39, 0.29) is 0 Å². The van der Waals surface area contributed by atoms with Gasteiger partial charge >= 0.3 is 0 Å². The van der Waals surface area contributed by atoms with E-state index >= 15 is 0 Å². The molecule has 0 aliphatic heterocycles. The molecular weight excluding hydrogens is 140 g/mol. The molecule has 0 spiro atoms. The highest BCUT2D eigenvalue weighted by Gasteiger charge is 1.99. The van der Waals surface area contributed by atoms with Crippen molar-refractivity contribution in [2.45, 2.75) is 6.23 Å². The molecule has 1 unspecified atom stereocenters. The van der Waals surface area contributed by atoms with Gasteiger partial charge in [0.05, 0.1) is 11.6 Å². The van der Waals surface area contributed by atoms with Gasteiger partial charge in [-0.15, -0.1) is 0 Å². The summed E-state index contributed by atoms with van der Waals surface area (Å²) in [5, 5.41) is 17.4. The molecule has 1 aromatic rings. The van der Waals surface area contributed by atoms with Gasteiger partial charge in [0.2, 0.25) is 0 Å². The highest BCUT2D eigenvalue weighted by atomic mass is 16.3. The lowest BCUT2D eigenvalue weighted by molar-refractivity contribution is 0.186. The Bertz CT molecular complexity index is 288. The minimum atomic E-state index is -0.997. The zero-order valence-electron chi connectivity index (χ0n) is 5.86. The number of aliphatic hydroxyl groups is 1. The zero-order chi connectivity index (χ0) is 8.27. The summed E-state index contributed by atoms with van der Waals surface area (Å²) in [7, 11) is 0. The van der Waals surface area contributed by atoms with Crippen molar-refractivity contribution in [3.8, 4) is 6.07 Å². The highest BCUT2D eigenvalue weighted by Crippen LogP contribution is 2.08. The van der Waals surface area contributed by atoms with Gasteiger partial charge in [0, 0.05) is 0 Å². The quantitative estimate of drug-likeness (QED) is 0.570. The molecule has 0 radical (unpaired) electrons. The summed E-state index contributed by atoms with van der Waals surface area (Å²) in [5.41, 5.74) is 6.25. The molecule has 1 aromatic carbocycles. The van der Waals surface area contributed by atoms with Crippen LogP contribution in [0.25, 0.3) is 0 Å². The second kappa shape index (κ2) is 3.15. The number of aliphatic hydroxyl groups excluding tert-OH is 1. The van der Waals surface area contributed by atoms with Gasteiger partial charge in [-0.2, -0.15) is 5.26 Å². The van der Waals surface area contributed by atoms with E-state index in [0.29, 0.717) is 11.1 Å². The Morgan fingerprint density at radius 1 is 1.55 bits per heavy atom. The SMILES string of the molecule is N#Cc1cccc(C(N)O)c1. The predicted molar refractivity (Wildman–Crippen MR) is 40.3 cm³/mol. The average Bonchev–Trinajstić information content (AvgIpc) is 2.05. The normalized spacial score (nSPS) is 12.1. The molecule has 3 N–H and O–H groups in total. The van der Waals surface area contributed by atoms with Crippen LogP contribution in [0, 0.1) is 11.3 Å². The molecule has 1 rings (SSSR count). The summed E-state index contributed by atoms with van der Waals surface area (Å²) >= 11 is 0. The number of hydrogen-bond donors (Lipinski definition) is 2. The van der Waals surface area contributed by atoms with E-state index in [1.807, 2.05) is 6.07 Å². The van der Waals surface area contributed by atoms with E-state index < -0.39 is 6.23 Å². The summed E-state index contributed by atoms with van der Waals surface area (Å²) in [5.74, 6) is 0. The monoisotopic (exact) mass is 148 g/mol. The van der Waals surface area contributed by atoms with Crippen LogP contribution in [0.4, 0.5) is 0 Å². The molecule has 0 amide bonds. The fourth-order valence-corrected chi connectivity index (χ4v) is 0.792. The Morgan fingerprint density at radius 3 is 2.82 bits per heavy atom. The smallest absolute Gasteiger partial charge is 0.128 e. The van der Waals surface area contributed by atoms with Crippen LogP contribution >= 0.6 is 0 Å². The molecule has 11 heavy (non-hydrogen) atoms. The minimum Gasteiger partial charge on any atom is -0.375 e. The third-order valence-electron chi connectivity index (χ3n) is 1.36. The van der Waals surface area contributed by atoms with Crippen LogP contribution < -0.4 is 5.73 Å². The summed E-state index contributed by atoms with van der Waals surface area (Å²) in [4.78, 5) is 0. The zero-order valence-corrected chi connectivity index (χ0v) is 5.86. The van der Waals surface area contributed by atoms with Gasteiger partial charge in [0.15, 0.2) is 0 Å². The third-order valence-corrected chi connectivity index (χ3v) is 1.36. The maximum Gasteiger partial charge on any atom is 0.128 e. The van der Waals surface area contributed by atoms with Gasteiger partial charge in [0.25, 0.3) is 0 Å². The number of nitrogens with two attached hydrogens (primary N) is 1. The van der Waals surface area contributed by atoms with E-state index in [1.54, 1.807) is 24.3 Å². The first-order valence-electron chi connectivity index (χ1n) is 3.18. The molecule has 0 aliphatic rings. The van der Waals surface area contributed by atoms with E-state index in [0.717, 1.165) is 0 Å². The van der Waals surface area contributed by atoms with Crippen molar-refractivity contribution in [2.24, 2.45) is 5.73 Å². The van der Waals surface area contributed by atoms with E-state index in [2.05, 4.69) is 0 Å². The summed E-state index contributed by atoms with van der Waals surface area (Å²) in [6.07, 6.45) is -0.997. The molecule has 3 heteroatoms. The van der Waals surface area contributed by atoms with Crippen LogP contribution in [0.15, 0.2) is 24.3 Å². The summed E-state index contributed by atoms with van der Waals surface area (Å²) in [6, 6.07) is 8.53. The molecule has 0 aliphatic carbocycles. The fourth-order valence-electron chi connectivity index (χ4n) is 0.792. The maximum atomic E-state index is 8.91. The van der Waals surface area contributed by atoms with Crippen molar-refractivity contribution < 1.29 is 5.11 Å². The van der Waals surface area contributed by atoms with Crippen LogP contribution in [-0.4, -0.2) is 5.11 Å². The van der Waals surface area contributed by atoms with Gasteiger partial charge in [-0.1, -0.05) is 12.1 Å². The molecule has 0 bridgehead atoms. The Balaban J connectivity index is 3.03. The number of nitriles is 1. The lowest BCUT2D eigenvalue weighted by Gasteiger charge is -2.02. The molecule has 0 aromatic heterocycles. The number of benzene rings is 1. The third kappa shape index (κ3) is 1.77. The molecule has 0 saturated heterocycles. The van der Waals surface area contributed by atoms with Crippen molar-refractivity contribution in [1.82, 2.24) is 0 Å². The molecule has 1 atom stereocenters. The van der Waals surface area contributed by atoms with Gasteiger partial charge < -0.3 is 10.8 Å². The lowest BCUT2D eigenvalue weighted by atomic mass is 10.1. The first-order valence-corrected chi connectivity index (χ1v) is 3.18. The van der Waals surface area contributed by atoms with Gasteiger partial charge in [-0.25, -0.2) is 0 Å². The number of rotatable bonds is 1. The first kappa shape index (κ1) is 7.73. The van der Waals surface area contributed by atoms with Crippen LogP contribution in [0.3, 0.4) is 0 Å². The predicted octanol–water partition coefficient (Wildman–Crippen LogP) is 0.508. The van der Waals surface area contributed by atoms with Gasteiger partial charge in [-0.3, -0.25) is 0 Å². The first-order chi connectivity index (χ1) is 5.24. The highest BCUT2D eigenvalue weighted by molar-refractivity contribution is 5.33. The lowest BCUT2D eigenvalue weighted by Crippen LogP contribution is -2.08. The van der Waals surface area contributed by atoms with E-state index in [4.69, 9.17) is 16.1 Å². The molecule has 0 fully saturated rings. The van der Waals surface area contributed by atoms with Crippen LogP contribution in [0.1, 0.15) is 17.4 Å². The van der Waals surface area contributed by atoms with Gasteiger partial charge in [-0.05, 0) is 17.7 Å². The molecule has 3 nitrogen and oxygen atoms in total. The van der Waals surface area contributed by atoms with Crippen LogP contribution in [0.5, 0.6) is 0 Å². The minimum absolute atomic E-state index is 0.506. The summed E-state index contributed by atoms with van der Waals surface area (Å²) in [6.45, 7) is 0. The number of nitrogens with zero attached hydrogens (tertiary/aromatic N) is 1. The Labute approximate surface area is 64.7 Å². The van der Waals surface area contributed by atoms with Crippen molar-refractivity contribution in [1.29, 1.82) is 5.26 Å². The molecule has 56 valence electrons. The Morgan fingerprint density at radius 2 is 2.27 bits per heavy atom. The Kier molecular flexibility index (Phi) is 2.21.